The van der Waals surface area contributed by atoms with Gasteiger partial charge in [0.15, 0.2) is 0 Å². The van der Waals surface area contributed by atoms with E-state index in [4.69, 9.17) is 0 Å². The van der Waals surface area contributed by atoms with Crippen LogP contribution in [-0.4, -0.2) is 45.5 Å². The van der Waals surface area contributed by atoms with Gasteiger partial charge in [-0.15, -0.1) is 0 Å². The molecule has 0 aromatic heterocycles. The van der Waals surface area contributed by atoms with Crippen molar-refractivity contribution in [2.24, 2.45) is 0 Å². The summed E-state index contributed by atoms with van der Waals surface area (Å²) in [6.07, 6.45) is 9.41. The minimum Gasteiger partial charge on any atom is -0.271 e. The standard InChI is InChI=1S/C26H24Br2N2O4/c27-17-12-16-20-19-15(23(31)29(25(33)21(17)19)13-7-3-1-4-8-13)11-18(28)22(20)26(34)30(24(16)32)14-9-5-2-6-10-14/h11-14H,1-10H2. The number of rotatable bonds is 2. The molecule has 6 rings (SSSR count). The third kappa shape index (κ3) is 3.10. The Labute approximate surface area is 214 Å². The Morgan fingerprint density at radius 3 is 1.26 bits per heavy atom. The highest BCUT2D eigenvalue weighted by Gasteiger charge is 2.45. The van der Waals surface area contributed by atoms with E-state index in [1.165, 1.54) is 9.80 Å². The van der Waals surface area contributed by atoms with E-state index < -0.39 is 0 Å². The van der Waals surface area contributed by atoms with Crippen LogP contribution in [0, 0.1) is 0 Å². The fraction of sp³-hybridized carbons (Fsp3) is 0.462. The van der Waals surface area contributed by atoms with E-state index in [1.54, 1.807) is 12.1 Å². The molecule has 2 heterocycles. The molecule has 0 bridgehead atoms. The lowest BCUT2D eigenvalue weighted by Gasteiger charge is -2.39. The predicted octanol–water partition coefficient (Wildman–Crippen LogP) is 6.22. The Hall–Kier alpha value is -2.06. The van der Waals surface area contributed by atoms with Crippen LogP contribution in [-0.2, 0) is 0 Å². The van der Waals surface area contributed by atoms with Gasteiger partial charge in [0, 0.05) is 42.9 Å². The SMILES string of the molecule is O=C1c2cc(Br)c3c4c(cc(Br)c(c24)C(=O)N1C1CCCCC1)C(=O)N(C1CCCCC1)C3=O. The smallest absolute Gasteiger partial charge is 0.262 e. The minimum atomic E-state index is -0.342. The largest absolute Gasteiger partial charge is 0.271 e. The molecule has 6 nitrogen and oxygen atoms in total. The number of hydrogen-bond acceptors (Lipinski definition) is 4. The number of halogens is 2. The molecule has 0 N–H and O–H groups in total. The summed E-state index contributed by atoms with van der Waals surface area (Å²) in [5.74, 6) is -1.36. The molecule has 0 saturated heterocycles. The van der Waals surface area contributed by atoms with Gasteiger partial charge in [-0.25, -0.2) is 0 Å². The first kappa shape index (κ1) is 22.4. The molecule has 2 saturated carbocycles. The molecule has 2 aliphatic heterocycles. The van der Waals surface area contributed by atoms with Gasteiger partial charge in [0.05, 0.1) is 11.1 Å². The fourth-order valence-corrected chi connectivity index (χ4v) is 7.55. The maximum Gasteiger partial charge on any atom is 0.262 e. The summed E-state index contributed by atoms with van der Waals surface area (Å²) in [4.78, 5) is 57.6. The molecule has 8 heteroatoms. The Morgan fingerprint density at radius 2 is 0.912 bits per heavy atom. The highest BCUT2D eigenvalue weighted by atomic mass is 79.9. The molecule has 176 valence electrons. The van der Waals surface area contributed by atoms with Gasteiger partial charge in [-0.2, -0.15) is 0 Å². The van der Waals surface area contributed by atoms with Gasteiger partial charge in [0.1, 0.15) is 0 Å². The number of hydrogen-bond donors (Lipinski definition) is 0. The first-order chi connectivity index (χ1) is 16.4. The number of imide groups is 2. The topological polar surface area (TPSA) is 74.8 Å². The van der Waals surface area contributed by atoms with Crippen molar-refractivity contribution in [2.75, 3.05) is 0 Å². The van der Waals surface area contributed by atoms with E-state index in [2.05, 4.69) is 31.9 Å². The Morgan fingerprint density at radius 1 is 0.559 bits per heavy atom. The van der Waals surface area contributed by atoms with E-state index >= 15 is 0 Å². The summed E-state index contributed by atoms with van der Waals surface area (Å²) in [7, 11) is 0. The third-order valence-corrected chi connectivity index (χ3v) is 9.20. The molecule has 4 amide bonds. The Balaban J connectivity index is 1.57. The lowest BCUT2D eigenvalue weighted by atomic mass is 9.83. The second-order valence-corrected chi connectivity index (χ2v) is 11.6. The molecule has 0 spiro atoms. The predicted molar refractivity (Wildman–Crippen MR) is 134 cm³/mol. The van der Waals surface area contributed by atoms with E-state index in [9.17, 15) is 19.2 Å². The zero-order valence-electron chi connectivity index (χ0n) is 18.7. The van der Waals surface area contributed by atoms with Crippen molar-refractivity contribution in [1.82, 2.24) is 9.80 Å². The van der Waals surface area contributed by atoms with E-state index in [0.29, 0.717) is 42.0 Å². The normalized spacial score (nSPS) is 21.7. The monoisotopic (exact) mass is 586 g/mol. The second kappa shape index (κ2) is 8.26. The molecule has 0 unspecified atom stereocenters. The molecule has 2 aliphatic carbocycles. The van der Waals surface area contributed by atoms with Crippen LogP contribution < -0.4 is 0 Å². The van der Waals surface area contributed by atoms with Gasteiger partial charge in [-0.1, -0.05) is 38.5 Å². The molecule has 0 atom stereocenters. The van der Waals surface area contributed by atoms with Crippen molar-refractivity contribution in [2.45, 2.75) is 76.3 Å². The molecular formula is C26H24Br2N2O4. The fourth-order valence-electron chi connectivity index (χ4n) is 6.35. The van der Waals surface area contributed by atoms with E-state index in [1.807, 2.05) is 0 Å². The highest BCUT2D eigenvalue weighted by Crippen LogP contribution is 2.45. The van der Waals surface area contributed by atoms with Gasteiger partial charge in [-0.3, -0.25) is 29.0 Å². The molecule has 2 aromatic carbocycles. The number of nitrogens with zero attached hydrogens (tertiary/aromatic N) is 2. The van der Waals surface area contributed by atoms with Crippen LogP contribution in [0.15, 0.2) is 21.1 Å². The average Bonchev–Trinajstić information content (AvgIpc) is 2.83. The summed E-state index contributed by atoms with van der Waals surface area (Å²) < 4.78 is 0.989. The number of benzene rings is 2. The summed E-state index contributed by atoms with van der Waals surface area (Å²) in [5, 5.41) is 0.851. The van der Waals surface area contributed by atoms with Crippen molar-refractivity contribution < 1.29 is 19.2 Å². The molecule has 0 radical (unpaired) electrons. The van der Waals surface area contributed by atoms with Crippen molar-refractivity contribution in [1.29, 1.82) is 0 Å². The third-order valence-electron chi connectivity index (χ3n) is 7.95. The number of carbonyl (C=O) groups excluding carboxylic acids is 4. The molecule has 2 fully saturated rings. The van der Waals surface area contributed by atoms with Crippen LogP contribution in [0.4, 0.5) is 0 Å². The van der Waals surface area contributed by atoms with Crippen molar-refractivity contribution >= 4 is 66.3 Å². The molecule has 34 heavy (non-hydrogen) atoms. The average molecular weight is 588 g/mol. The second-order valence-electron chi connectivity index (χ2n) is 9.86. The van der Waals surface area contributed by atoms with Crippen LogP contribution in [0.1, 0.15) is 106 Å². The molecule has 2 aromatic rings. The molecular weight excluding hydrogens is 564 g/mol. The van der Waals surface area contributed by atoms with Crippen molar-refractivity contribution in [3.63, 3.8) is 0 Å². The van der Waals surface area contributed by atoms with E-state index in [0.717, 1.165) is 64.2 Å². The van der Waals surface area contributed by atoms with Gasteiger partial charge in [-0.05, 0) is 69.7 Å². The summed E-state index contributed by atoms with van der Waals surface area (Å²) in [5.41, 5.74) is 1.50. The summed E-state index contributed by atoms with van der Waals surface area (Å²) in [6, 6.07) is 3.10. The Kier molecular flexibility index (Phi) is 5.44. The van der Waals surface area contributed by atoms with Gasteiger partial charge in [0.2, 0.25) is 0 Å². The van der Waals surface area contributed by atoms with E-state index in [-0.39, 0.29) is 35.7 Å². The summed E-state index contributed by atoms with van der Waals surface area (Å²) >= 11 is 7.10. The zero-order chi connectivity index (χ0) is 23.7. The van der Waals surface area contributed by atoms with Crippen LogP contribution >= 0.6 is 31.9 Å². The Bertz CT molecular complexity index is 1190. The van der Waals surface area contributed by atoms with Gasteiger partial charge in [0.25, 0.3) is 23.6 Å². The van der Waals surface area contributed by atoms with Gasteiger partial charge >= 0.3 is 0 Å². The lowest BCUT2D eigenvalue weighted by molar-refractivity contribution is 0.0480. The number of carbonyl (C=O) groups is 4. The molecule has 4 aliphatic rings. The van der Waals surface area contributed by atoms with Crippen molar-refractivity contribution in [3.8, 4) is 0 Å². The van der Waals surface area contributed by atoms with Crippen LogP contribution in [0.2, 0.25) is 0 Å². The van der Waals surface area contributed by atoms with Gasteiger partial charge < -0.3 is 0 Å². The maximum atomic E-state index is 13.7. The first-order valence-electron chi connectivity index (χ1n) is 12.1. The lowest BCUT2D eigenvalue weighted by Crippen LogP contribution is -2.50. The van der Waals surface area contributed by atoms with Crippen LogP contribution in [0.25, 0.3) is 10.8 Å². The number of amides is 4. The first-order valence-corrected chi connectivity index (χ1v) is 13.7. The summed E-state index contributed by atoms with van der Waals surface area (Å²) in [6.45, 7) is 0. The zero-order valence-corrected chi connectivity index (χ0v) is 21.8. The van der Waals surface area contributed by atoms with Crippen LogP contribution in [0.3, 0.4) is 0 Å². The van der Waals surface area contributed by atoms with Crippen molar-refractivity contribution in [3.05, 3.63) is 43.3 Å². The quantitative estimate of drug-likeness (QED) is 0.391. The minimum absolute atomic E-state index is 0.125. The highest BCUT2D eigenvalue weighted by molar-refractivity contribution is 9.10. The maximum absolute atomic E-state index is 13.7. The van der Waals surface area contributed by atoms with Crippen LogP contribution in [0.5, 0.6) is 0 Å².